The van der Waals surface area contributed by atoms with Gasteiger partial charge in [-0.3, -0.25) is 0 Å². The number of carbonyl (C=O) groups excluding carboxylic acids is 2. The van der Waals surface area contributed by atoms with Gasteiger partial charge in [-0.15, -0.1) is 0 Å². The second-order valence-corrected chi connectivity index (χ2v) is 9.00. The number of hydrogen-bond acceptors (Lipinski definition) is 5. The van der Waals surface area contributed by atoms with Gasteiger partial charge >= 0.3 is 11.9 Å². The molecule has 0 saturated carbocycles. The Kier molecular flexibility index (Phi) is 6.52. The number of ether oxygens (including phenoxy) is 2. The van der Waals surface area contributed by atoms with Gasteiger partial charge in [0.25, 0.3) is 0 Å². The number of pyridine rings is 1. The smallest absolute Gasteiger partial charge is 0.341 e. The Morgan fingerprint density at radius 1 is 0.778 bits per heavy atom. The van der Waals surface area contributed by atoms with Crippen LogP contribution in [0.25, 0.3) is 43.7 Å². The van der Waals surface area contributed by atoms with E-state index in [0.29, 0.717) is 26.5 Å². The van der Waals surface area contributed by atoms with Crippen molar-refractivity contribution in [2.24, 2.45) is 0 Å². The quantitative estimate of drug-likeness (QED) is 0.135. The van der Waals surface area contributed by atoms with Crippen molar-refractivity contribution in [1.29, 1.82) is 0 Å². The summed E-state index contributed by atoms with van der Waals surface area (Å²) in [5.74, 6) is -1.33. The monoisotopic (exact) mass is 517 g/mol. The standard InChI is InChI=1S/C29H21Cl2NO4/c1-3-35-28(33)25-24-21-14-17-8-6-5-7-16(17)13-18(21)9-12-23(24)32-27(26(25)29(34)36-4-2)20-11-10-19(30)15-22(20)31/h5-15H,3-4H2,1-2H3. The molecular weight excluding hydrogens is 497 g/mol. The van der Waals surface area contributed by atoms with Crippen LogP contribution in [0.2, 0.25) is 10.0 Å². The molecule has 0 bridgehead atoms. The highest BCUT2D eigenvalue weighted by atomic mass is 35.5. The van der Waals surface area contributed by atoms with Crippen molar-refractivity contribution in [3.8, 4) is 11.3 Å². The van der Waals surface area contributed by atoms with Crippen molar-refractivity contribution < 1.29 is 19.1 Å². The summed E-state index contributed by atoms with van der Waals surface area (Å²) in [5, 5.41) is 4.99. The molecule has 0 N–H and O–H groups in total. The summed E-state index contributed by atoms with van der Waals surface area (Å²) in [6, 6.07) is 20.7. The third-order valence-corrected chi connectivity index (χ3v) is 6.53. The maximum absolute atomic E-state index is 13.5. The number of rotatable bonds is 5. The van der Waals surface area contributed by atoms with E-state index >= 15 is 0 Å². The largest absolute Gasteiger partial charge is 0.462 e. The molecular formula is C29H21Cl2NO4. The van der Waals surface area contributed by atoms with Gasteiger partial charge in [-0.05, 0) is 71.8 Å². The normalized spacial score (nSPS) is 11.2. The van der Waals surface area contributed by atoms with E-state index in [2.05, 4.69) is 0 Å². The van der Waals surface area contributed by atoms with E-state index in [-0.39, 0.29) is 30.0 Å². The Labute approximate surface area is 217 Å². The highest BCUT2D eigenvalue weighted by Gasteiger charge is 2.30. The van der Waals surface area contributed by atoms with Crippen molar-refractivity contribution in [3.63, 3.8) is 0 Å². The van der Waals surface area contributed by atoms with E-state index in [9.17, 15) is 9.59 Å². The number of aromatic nitrogens is 1. The molecule has 0 saturated heterocycles. The van der Waals surface area contributed by atoms with Crippen LogP contribution in [0.15, 0.2) is 66.7 Å². The van der Waals surface area contributed by atoms with Gasteiger partial charge in [0.15, 0.2) is 0 Å². The molecule has 0 unspecified atom stereocenters. The van der Waals surface area contributed by atoms with Gasteiger partial charge in [-0.1, -0.05) is 53.5 Å². The lowest BCUT2D eigenvalue weighted by molar-refractivity contribution is 0.0481. The third kappa shape index (κ3) is 4.15. The first kappa shape index (κ1) is 24.0. The zero-order valence-corrected chi connectivity index (χ0v) is 21.1. The first-order valence-corrected chi connectivity index (χ1v) is 12.3. The zero-order chi connectivity index (χ0) is 25.4. The van der Waals surface area contributed by atoms with E-state index in [4.69, 9.17) is 37.7 Å². The van der Waals surface area contributed by atoms with Crippen LogP contribution in [-0.2, 0) is 9.47 Å². The van der Waals surface area contributed by atoms with Crippen LogP contribution in [0.4, 0.5) is 0 Å². The topological polar surface area (TPSA) is 65.5 Å². The average molecular weight is 518 g/mol. The molecule has 0 aliphatic carbocycles. The first-order chi connectivity index (χ1) is 17.4. The average Bonchev–Trinajstić information content (AvgIpc) is 2.86. The predicted octanol–water partition coefficient (Wildman–Crippen LogP) is 7.87. The molecule has 0 atom stereocenters. The van der Waals surface area contributed by atoms with Crippen molar-refractivity contribution in [3.05, 3.63) is 87.9 Å². The molecule has 0 spiro atoms. The van der Waals surface area contributed by atoms with Gasteiger partial charge in [0.1, 0.15) is 5.56 Å². The summed E-state index contributed by atoms with van der Waals surface area (Å²) in [7, 11) is 0. The van der Waals surface area contributed by atoms with Crippen LogP contribution in [0.3, 0.4) is 0 Å². The van der Waals surface area contributed by atoms with Crippen molar-refractivity contribution in [2.75, 3.05) is 13.2 Å². The van der Waals surface area contributed by atoms with E-state index in [1.54, 1.807) is 32.0 Å². The molecule has 0 radical (unpaired) electrons. The van der Waals surface area contributed by atoms with Crippen molar-refractivity contribution in [1.82, 2.24) is 4.98 Å². The molecule has 0 aliphatic rings. The van der Waals surface area contributed by atoms with Gasteiger partial charge in [0.2, 0.25) is 0 Å². The molecule has 1 heterocycles. The first-order valence-electron chi connectivity index (χ1n) is 11.5. The lowest BCUT2D eigenvalue weighted by Gasteiger charge is -2.18. The number of halogens is 2. The van der Waals surface area contributed by atoms with E-state index in [0.717, 1.165) is 21.5 Å². The van der Waals surface area contributed by atoms with E-state index < -0.39 is 11.9 Å². The van der Waals surface area contributed by atoms with Gasteiger partial charge in [-0.25, -0.2) is 14.6 Å². The van der Waals surface area contributed by atoms with E-state index in [1.807, 2.05) is 48.5 Å². The maximum atomic E-state index is 13.5. The SMILES string of the molecule is CCOC(=O)c1c(-c2ccc(Cl)cc2Cl)nc2ccc3cc4ccccc4cc3c2c1C(=O)OCC. The van der Waals surface area contributed by atoms with Crippen LogP contribution in [0, 0.1) is 0 Å². The van der Waals surface area contributed by atoms with Gasteiger partial charge < -0.3 is 9.47 Å². The van der Waals surface area contributed by atoms with Crippen LogP contribution in [0.5, 0.6) is 0 Å². The number of carbonyl (C=O) groups is 2. The summed E-state index contributed by atoms with van der Waals surface area (Å²) < 4.78 is 10.9. The Morgan fingerprint density at radius 2 is 1.44 bits per heavy atom. The fraction of sp³-hybridized carbons (Fsp3) is 0.138. The second kappa shape index (κ2) is 9.76. The Bertz CT molecular complexity index is 1680. The third-order valence-electron chi connectivity index (χ3n) is 5.98. The lowest BCUT2D eigenvalue weighted by atomic mass is 9.92. The number of hydrogen-bond donors (Lipinski definition) is 0. The Morgan fingerprint density at radius 3 is 2.11 bits per heavy atom. The number of esters is 2. The summed E-state index contributed by atoms with van der Waals surface area (Å²) in [6.45, 7) is 3.67. The minimum atomic E-state index is -0.686. The number of fused-ring (bicyclic) bond motifs is 4. The Balaban J connectivity index is 1.98. The fourth-order valence-electron chi connectivity index (χ4n) is 4.46. The molecule has 0 amide bonds. The minimum absolute atomic E-state index is 0.00711. The second-order valence-electron chi connectivity index (χ2n) is 8.16. The molecule has 5 rings (SSSR count). The van der Waals surface area contributed by atoms with E-state index in [1.165, 1.54) is 0 Å². The molecule has 7 heteroatoms. The molecule has 0 fully saturated rings. The number of nitrogens with zero attached hydrogens (tertiary/aromatic N) is 1. The lowest BCUT2D eigenvalue weighted by Crippen LogP contribution is -2.17. The molecule has 180 valence electrons. The summed E-state index contributed by atoms with van der Waals surface area (Å²) >= 11 is 12.6. The van der Waals surface area contributed by atoms with Crippen LogP contribution in [-0.4, -0.2) is 30.1 Å². The summed E-state index contributed by atoms with van der Waals surface area (Å²) in [6.07, 6.45) is 0. The highest BCUT2D eigenvalue weighted by Crippen LogP contribution is 2.39. The predicted molar refractivity (Wildman–Crippen MR) is 144 cm³/mol. The molecule has 5 nitrogen and oxygen atoms in total. The van der Waals surface area contributed by atoms with Crippen molar-refractivity contribution >= 4 is 67.6 Å². The van der Waals surface area contributed by atoms with Gasteiger partial charge in [-0.2, -0.15) is 0 Å². The minimum Gasteiger partial charge on any atom is -0.462 e. The maximum Gasteiger partial charge on any atom is 0.341 e. The number of benzene rings is 4. The van der Waals surface area contributed by atoms with Crippen molar-refractivity contribution in [2.45, 2.75) is 13.8 Å². The highest BCUT2D eigenvalue weighted by molar-refractivity contribution is 6.36. The summed E-state index contributed by atoms with van der Waals surface area (Å²) in [4.78, 5) is 31.7. The molecule has 4 aromatic carbocycles. The molecule has 1 aromatic heterocycles. The molecule has 5 aromatic rings. The zero-order valence-electron chi connectivity index (χ0n) is 19.6. The molecule has 36 heavy (non-hydrogen) atoms. The van der Waals surface area contributed by atoms with Gasteiger partial charge in [0, 0.05) is 16.0 Å². The Hall–Kier alpha value is -3.67. The van der Waals surface area contributed by atoms with Gasteiger partial charge in [0.05, 0.1) is 35.0 Å². The fourth-order valence-corrected chi connectivity index (χ4v) is 4.96. The summed E-state index contributed by atoms with van der Waals surface area (Å²) in [5.41, 5.74) is 1.31. The van der Waals surface area contributed by atoms with Crippen LogP contribution >= 0.6 is 23.2 Å². The van der Waals surface area contributed by atoms with Crippen LogP contribution in [0.1, 0.15) is 34.6 Å². The van der Waals surface area contributed by atoms with Crippen LogP contribution < -0.4 is 0 Å². The molecule has 0 aliphatic heterocycles.